The second-order valence-corrected chi connectivity index (χ2v) is 8.19. The molecule has 2 aromatic rings. The first-order valence-electron chi connectivity index (χ1n) is 9.36. The molecule has 0 spiro atoms. The minimum absolute atomic E-state index is 0.0211. The number of aromatic nitrogens is 1. The van der Waals surface area contributed by atoms with Crippen LogP contribution in [-0.4, -0.2) is 50.0 Å². The van der Waals surface area contributed by atoms with Gasteiger partial charge in [-0.1, -0.05) is 39.0 Å². The monoisotopic (exact) mass is 368 g/mol. The summed E-state index contributed by atoms with van der Waals surface area (Å²) in [4.78, 5) is 21.2. The lowest BCUT2D eigenvalue weighted by molar-refractivity contribution is -0.122. The fourth-order valence-corrected chi connectivity index (χ4v) is 2.93. The topological polar surface area (TPSA) is 48.5 Å². The van der Waals surface area contributed by atoms with Gasteiger partial charge in [-0.15, -0.1) is 0 Å². The van der Waals surface area contributed by atoms with Crippen LogP contribution in [0.4, 0.5) is 5.69 Å². The second kappa shape index (κ2) is 9.00. The number of nitrogens with zero attached hydrogens (tertiary/aromatic N) is 3. The fourth-order valence-electron chi connectivity index (χ4n) is 2.93. The summed E-state index contributed by atoms with van der Waals surface area (Å²) < 4.78 is 0. The molecule has 1 aromatic heterocycles. The van der Waals surface area contributed by atoms with Gasteiger partial charge in [0.1, 0.15) is 6.04 Å². The maximum absolute atomic E-state index is 13.0. The highest BCUT2D eigenvalue weighted by atomic mass is 16.2. The molecule has 0 aliphatic carbocycles. The SMILES string of the molecule is CN(C)CCNC(=O)C(c1cccnc1)N(C)c1ccc(C(C)(C)C)cc1. The molecule has 0 saturated carbocycles. The first-order valence-corrected chi connectivity index (χ1v) is 9.36. The molecule has 2 rings (SSSR count). The average Bonchev–Trinajstić information content (AvgIpc) is 2.62. The van der Waals surface area contributed by atoms with Gasteiger partial charge in [0.15, 0.2) is 0 Å². The lowest BCUT2D eigenvalue weighted by Gasteiger charge is -2.30. The summed E-state index contributed by atoms with van der Waals surface area (Å²) in [5, 5.41) is 3.05. The Morgan fingerprint density at radius 2 is 1.78 bits per heavy atom. The van der Waals surface area contributed by atoms with Crippen molar-refractivity contribution < 1.29 is 4.79 Å². The first kappa shape index (κ1) is 20.9. The zero-order chi connectivity index (χ0) is 20.0. The number of hydrogen-bond donors (Lipinski definition) is 1. The summed E-state index contributed by atoms with van der Waals surface area (Å²) in [6.45, 7) is 8.00. The van der Waals surface area contributed by atoms with Gasteiger partial charge in [0.05, 0.1) is 0 Å². The summed E-state index contributed by atoms with van der Waals surface area (Å²) in [5.41, 5.74) is 3.25. The van der Waals surface area contributed by atoms with Crippen molar-refractivity contribution in [3.8, 4) is 0 Å². The molecule has 27 heavy (non-hydrogen) atoms. The Kier molecular flexibility index (Phi) is 6.97. The smallest absolute Gasteiger partial charge is 0.247 e. The second-order valence-electron chi connectivity index (χ2n) is 8.19. The number of carbonyl (C=O) groups is 1. The zero-order valence-electron chi connectivity index (χ0n) is 17.4. The molecule has 0 fully saturated rings. The lowest BCUT2D eigenvalue weighted by atomic mass is 9.87. The van der Waals surface area contributed by atoms with Crippen LogP contribution in [0.1, 0.15) is 37.9 Å². The van der Waals surface area contributed by atoms with E-state index in [1.54, 1.807) is 12.4 Å². The lowest BCUT2D eigenvalue weighted by Crippen LogP contribution is -2.41. The summed E-state index contributed by atoms with van der Waals surface area (Å²) in [7, 11) is 5.94. The van der Waals surface area contributed by atoms with Crippen molar-refractivity contribution in [3.63, 3.8) is 0 Å². The van der Waals surface area contributed by atoms with Crippen LogP contribution >= 0.6 is 0 Å². The van der Waals surface area contributed by atoms with Crippen molar-refractivity contribution in [2.45, 2.75) is 32.2 Å². The number of anilines is 1. The van der Waals surface area contributed by atoms with Crippen molar-refractivity contribution in [1.29, 1.82) is 0 Å². The predicted octanol–water partition coefficient (Wildman–Crippen LogP) is 3.23. The van der Waals surface area contributed by atoms with Crippen LogP contribution in [0.5, 0.6) is 0 Å². The van der Waals surface area contributed by atoms with Gasteiger partial charge in [-0.2, -0.15) is 0 Å². The van der Waals surface area contributed by atoms with Gasteiger partial charge in [0, 0.05) is 43.8 Å². The Hall–Kier alpha value is -2.40. The molecule has 0 bridgehead atoms. The van der Waals surface area contributed by atoms with Crippen LogP contribution in [0.2, 0.25) is 0 Å². The van der Waals surface area contributed by atoms with Crippen molar-refractivity contribution >= 4 is 11.6 Å². The third-order valence-corrected chi connectivity index (χ3v) is 4.63. The van der Waals surface area contributed by atoms with Gasteiger partial charge in [-0.25, -0.2) is 0 Å². The molecule has 1 aromatic carbocycles. The highest BCUT2D eigenvalue weighted by molar-refractivity contribution is 5.86. The minimum Gasteiger partial charge on any atom is -0.359 e. The maximum atomic E-state index is 13.0. The van der Waals surface area contributed by atoms with Crippen LogP contribution in [0.15, 0.2) is 48.8 Å². The number of amides is 1. The summed E-state index contributed by atoms with van der Waals surface area (Å²) in [6.07, 6.45) is 3.48. The van der Waals surface area contributed by atoms with Gasteiger partial charge in [-0.05, 0) is 43.3 Å². The molecule has 1 N–H and O–H groups in total. The van der Waals surface area contributed by atoms with E-state index in [0.717, 1.165) is 17.8 Å². The number of nitrogens with one attached hydrogen (secondary N) is 1. The standard InChI is InChI=1S/C22H32N4O/c1-22(2,3)18-9-11-19(12-10-18)26(6)20(17-8-7-13-23-16-17)21(27)24-14-15-25(4)5/h7-13,16,20H,14-15H2,1-6H3,(H,24,27). The molecule has 0 aliphatic heterocycles. The molecule has 5 heteroatoms. The van der Waals surface area contributed by atoms with E-state index in [0.29, 0.717) is 6.54 Å². The third kappa shape index (κ3) is 5.79. The Morgan fingerprint density at radius 3 is 2.30 bits per heavy atom. The molecule has 5 nitrogen and oxygen atoms in total. The van der Waals surface area contributed by atoms with Crippen LogP contribution in [-0.2, 0) is 10.2 Å². The van der Waals surface area contributed by atoms with E-state index in [2.05, 4.69) is 55.3 Å². The molecular formula is C22H32N4O. The summed E-state index contributed by atoms with van der Waals surface area (Å²) >= 11 is 0. The third-order valence-electron chi connectivity index (χ3n) is 4.63. The molecule has 0 saturated heterocycles. The van der Waals surface area contributed by atoms with Gasteiger partial charge in [0.25, 0.3) is 0 Å². The minimum atomic E-state index is -0.429. The molecule has 1 amide bonds. The number of hydrogen-bond acceptors (Lipinski definition) is 4. The molecule has 1 atom stereocenters. The van der Waals surface area contributed by atoms with Crippen LogP contribution in [0.3, 0.4) is 0 Å². The van der Waals surface area contributed by atoms with Crippen LogP contribution in [0.25, 0.3) is 0 Å². The Bertz CT molecular complexity index is 720. The van der Waals surface area contributed by atoms with E-state index in [1.807, 2.05) is 43.1 Å². The number of benzene rings is 1. The number of pyridine rings is 1. The van der Waals surface area contributed by atoms with E-state index < -0.39 is 6.04 Å². The number of carbonyl (C=O) groups excluding carboxylic acids is 1. The van der Waals surface area contributed by atoms with Gasteiger partial charge in [0.2, 0.25) is 5.91 Å². The molecule has 1 heterocycles. The highest BCUT2D eigenvalue weighted by Crippen LogP contribution is 2.29. The van der Waals surface area contributed by atoms with E-state index >= 15 is 0 Å². The molecule has 0 radical (unpaired) electrons. The Balaban J connectivity index is 2.25. The quantitative estimate of drug-likeness (QED) is 0.815. The van der Waals surface area contributed by atoms with E-state index in [1.165, 1.54) is 5.56 Å². The van der Waals surface area contributed by atoms with E-state index in [9.17, 15) is 4.79 Å². The molecule has 146 valence electrons. The van der Waals surface area contributed by atoms with Gasteiger partial charge in [-0.3, -0.25) is 9.78 Å². The van der Waals surface area contributed by atoms with Crippen LogP contribution in [0, 0.1) is 0 Å². The number of rotatable bonds is 7. The Morgan fingerprint density at radius 1 is 1.11 bits per heavy atom. The first-order chi connectivity index (χ1) is 12.7. The Labute approximate surface area is 163 Å². The van der Waals surface area contributed by atoms with E-state index in [4.69, 9.17) is 0 Å². The van der Waals surface area contributed by atoms with E-state index in [-0.39, 0.29) is 11.3 Å². The maximum Gasteiger partial charge on any atom is 0.247 e. The normalized spacial score (nSPS) is 12.7. The van der Waals surface area contributed by atoms with Crippen molar-refractivity contribution in [2.24, 2.45) is 0 Å². The predicted molar refractivity (Wildman–Crippen MR) is 112 cm³/mol. The molecular weight excluding hydrogens is 336 g/mol. The average molecular weight is 369 g/mol. The molecule has 0 aliphatic rings. The van der Waals surface area contributed by atoms with Crippen molar-refractivity contribution in [2.75, 3.05) is 39.1 Å². The van der Waals surface area contributed by atoms with Crippen LogP contribution < -0.4 is 10.2 Å². The summed E-state index contributed by atoms with van der Waals surface area (Å²) in [6, 6.07) is 11.8. The number of likely N-dealkylation sites (N-methyl/N-ethyl adjacent to an activating group) is 2. The zero-order valence-corrected chi connectivity index (χ0v) is 17.4. The largest absolute Gasteiger partial charge is 0.359 e. The molecule has 1 unspecified atom stereocenters. The summed E-state index contributed by atoms with van der Waals surface area (Å²) in [5.74, 6) is -0.0211. The van der Waals surface area contributed by atoms with Crippen molar-refractivity contribution in [3.05, 3.63) is 59.9 Å². The van der Waals surface area contributed by atoms with Gasteiger partial charge < -0.3 is 15.1 Å². The highest BCUT2D eigenvalue weighted by Gasteiger charge is 2.26. The fraction of sp³-hybridized carbons (Fsp3) is 0.455. The van der Waals surface area contributed by atoms with Gasteiger partial charge >= 0.3 is 0 Å². The van der Waals surface area contributed by atoms with Crippen molar-refractivity contribution in [1.82, 2.24) is 15.2 Å².